The summed E-state index contributed by atoms with van der Waals surface area (Å²) in [6.45, 7) is 2.31. The van der Waals surface area contributed by atoms with Gasteiger partial charge in [0, 0.05) is 19.2 Å². The van der Waals surface area contributed by atoms with E-state index in [9.17, 15) is 4.79 Å². The number of rotatable bonds is 3. The molecule has 1 aromatic rings. The van der Waals surface area contributed by atoms with Crippen LogP contribution in [0.3, 0.4) is 0 Å². The van der Waals surface area contributed by atoms with Gasteiger partial charge in [0.15, 0.2) is 0 Å². The molecule has 1 saturated heterocycles. The maximum Gasteiger partial charge on any atom is 0.246 e. The van der Waals surface area contributed by atoms with E-state index >= 15 is 0 Å². The lowest BCUT2D eigenvalue weighted by molar-refractivity contribution is -0.125. The summed E-state index contributed by atoms with van der Waals surface area (Å²) in [6, 6.07) is 9.85. The van der Waals surface area contributed by atoms with Crippen LogP contribution >= 0.6 is 0 Å². The highest BCUT2D eigenvalue weighted by Crippen LogP contribution is 2.15. The van der Waals surface area contributed by atoms with Crippen LogP contribution in [-0.2, 0) is 4.79 Å². The molecule has 0 aliphatic carbocycles. The normalized spacial score (nSPS) is 20.1. The Bertz CT molecular complexity index is 400. The van der Waals surface area contributed by atoms with Crippen molar-refractivity contribution in [2.75, 3.05) is 19.6 Å². The fraction of sp³-hybridized carbons (Fsp3) is 0.357. The van der Waals surface area contributed by atoms with Crippen LogP contribution in [0.4, 0.5) is 0 Å². The van der Waals surface area contributed by atoms with Crippen molar-refractivity contribution < 1.29 is 4.79 Å². The van der Waals surface area contributed by atoms with Crippen molar-refractivity contribution in [2.24, 2.45) is 11.7 Å². The minimum Gasteiger partial charge on any atom is -0.339 e. The van der Waals surface area contributed by atoms with E-state index in [0.29, 0.717) is 12.5 Å². The molecule has 1 unspecified atom stereocenters. The van der Waals surface area contributed by atoms with Crippen LogP contribution in [0, 0.1) is 5.92 Å². The summed E-state index contributed by atoms with van der Waals surface area (Å²) < 4.78 is 0. The van der Waals surface area contributed by atoms with Gasteiger partial charge in [-0.1, -0.05) is 30.3 Å². The summed E-state index contributed by atoms with van der Waals surface area (Å²) in [7, 11) is 0. The topological polar surface area (TPSA) is 46.3 Å². The van der Waals surface area contributed by atoms with Crippen LogP contribution in [0.2, 0.25) is 0 Å². The molecule has 90 valence electrons. The van der Waals surface area contributed by atoms with Crippen molar-refractivity contribution in [3.8, 4) is 0 Å². The van der Waals surface area contributed by atoms with Crippen LogP contribution in [0.15, 0.2) is 36.4 Å². The summed E-state index contributed by atoms with van der Waals surface area (Å²) in [4.78, 5) is 13.8. The van der Waals surface area contributed by atoms with Crippen LogP contribution in [0.25, 0.3) is 6.08 Å². The smallest absolute Gasteiger partial charge is 0.246 e. The fourth-order valence-corrected chi connectivity index (χ4v) is 2.06. The standard InChI is InChI=1S/C14H18N2O/c15-10-13-8-9-16(11-13)14(17)7-6-12-4-2-1-3-5-12/h1-7,13H,8-11,15H2. The maximum absolute atomic E-state index is 11.9. The molecule has 1 amide bonds. The highest BCUT2D eigenvalue weighted by molar-refractivity contribution is 5.91. The largest absolute Gasteiger partial charge is 0.339 e. The van der Waals surface area contributed by atoms with Gasteiger partial charge in [0.05, 0.1) is 0 Å². The van der Waals surface area contributed by atoms with E-state index in [0.717, 1.165) is 25.1 Å². The molecular formula is C14H18N2O. The second-order valence-electron chi connectivity index (χ2n) is 4.42. The average molecular weight is 230 g/mol. The molecule has 3 nitrogen and oxygen atoms in total. The number of hydrogen-bond acceptors (Lipinski definition) is 2. The zero-order chi connectivity index (χ0) is 12.1. The maximum atomic E-state index is 11.9. The molecule has 0 saturated carbocycles. The van der Waals surface area contributed by atoms with Gasteiger partial charge in [-0.05, 0) is 30.5 Å². The van der Waals surface area contributed by atoms with Crippen LogP contribution < -0.4 is 5.73 Å². The van der Waals surface area contributed by atoms with Crippen molar-refractivity contribution in [1.29, 1.82) is 0 Å². The molecule has 0 bridgehead atoms. The molecule has 1 aliphatic heterocycles. The Kier molecular flexibility index (Phi) is 3.94. The summed E-state index contributed by atoms with van der Waals surface area (Å²) in [6.07, 6.45) is 4.54. The first kappa shape index (κ1) is 11.9. The molecule has 1 heterocycles. The van der Waals surface area contributed by atoms with Gasteiger partial charge in [-0.3, -0.25) is 4.79 Å². The third kappa shape index (κ3) is 3.17. The average Bonchev–Trinajstić information content (AvgIpc) is 2.86. The lowest BCUT2D eigenvalue weighted by atomic mass is 10.1. The molecular weight excluding hydrogens is 212 g/mol. The van der Waals surface area contributed by atoms with E-state index in [4.69, 9.17) is 5.73 Å². The van der Waals surface area contributed by atoms with Crippen LogP contribution in [0.1, 0.15) is 12.0 Å². The Morgan fingerprint density at radius 1 is 1.41 bits per heavy atom. The van der Waals surface area contributed by atoms with Gasteiger partial charge in [0.2, 0.25) is 5.91 Å². The number of nitrogens with two attached hydrogens (primary N) is 1. The lowest BCUT2D eigenvalue weighted by Crippen LogP contribution is -2.28. The minimum absolute atomic E-state index is 0.0878. The Hall–Kier alpha value is -1.61. The number of hydrogen-bond donors (Lipinski definition) is 1. The Morgan fingerprint density at radius 2 is 2.18 bits per heavy atom. The molecule has 1 fully saturated rings. The Morgan fingerprint density at radius 3 is 2.82 bits per heavy atom. The molecule has 0 aromatic heterocycles. The second kappa shape index (κ2) is 5.64. The number of amides is 1. The van der Waals surface area contributed by atoms with Crippen molar-refractivity contribution in [1.82, 2.24) is 4.90 Å². The first-order valence-corrected chi connectivity index (χ1v) is 6.01. The van der Waals surface area contributed by atoms with Crippen molar-refractivity contribution in [3.63, 3.8) is 0 Å². The summed E-state index contributed by atoms with van der Waals surface area (Å²) in [5.74, 6) is 0.564. The first-order valence-electron chi connectivity index (χ1n) is 6.01. The molecule has 2 rings (SSSR count). The highest BCUT2D eigenvalue weighted by atomic mass is 16.2. The van der Waals surface area contributed by atoms with Gasteiger partial charge >= 0.3 is 0 Å². The molecule has 1 aliphatic rings. The summed E-state index contributed by atoms with van der Waals surface area (Å²) in [5.41, 5.74) is 6.66. The monoisotopic (exact) mass is 230 g/mol. The number of likely N-dealkylation sites (tertiary alicyclic amines) is 1. The van der Waals surface area contributed by atoms with Gasteiger partial charge in [-0.2, -0.15) is 0 Å². The molecule has 3 heteroatoms. The van der Waals surface area contributed by atoms with E-state index in [1.807, 2.05) is 41.3 Å². The molecule has 17 heavy (non-hydrogen) atoms. The third-order valence-electron chi connectivity index (χ3n) is 3.15. The van der Waals surface area contributed by atoms with Crippen LogP contribution in [-0.4, -0.2) is 30.4 Å². The van der Waals surface area contributed by atoms with Crippen molar-refractivity contribution in [2.45, 2.75) is 6.42 Å². The number of benzene rings is 1. The molecule has 0 spiro atoms. The van der Waals surface area contributed by atoms with Gasteiger partial charge < -0.3 is 10.6 Å². The second-order valence-corrected chi connectivity index (χ2v) is 4.42. The first-order chi connectivity index (χ1) is 8.29. The predicted molar refractivity (Wildman–Crippen MR) is 69.2 cm³/mol. The summed E-state index contributed by atoms with van der Waals surface area (Å²) in [5, 5.41) is 0. The van der Waals surface area contributed by atoms with E-state index < -0.39 is 0 Å². The highest BCUT2D eigenvalue weighted by Gasteiger charge is 2.23. The molecule has 0 radical (unpaired) electrons. The lowest BCUT2D eigenvalue weighted by Gasteiger charge is -2.13. The van der Waals surface area contributed by atoms with E-state index in [-0.39, 0.29) is 5.91 Å². The van der Waals surface area contributed by atoms with Gasteiger partial charge in [0.25, 0.3) is 0 Å². The van der Waals surface area contributed by atoms with Gasteiger partial charge in [0.1, 0.15) is 0 Å². The Balaban J connectivity index is 1.92. The van der Waals surface area contributed by atoms with E-state index in [2.05, 4.69) is 0 Å². The molecule has 1 atom stereocenters. The molecule has 2 N–H and O–H groups in total. The Labute approximate surface area is 102 Å². The minimum atomic E-state index is 0.0878. The predicted octanol–water partition coefficient (Wildman–Crippen LogP) is 1.51. The SMILES string of the molecule is NCC1CCN(C(=O)C=Cc2ccccc2)C1. The number of carbonyl (C=O) groups is 1. The summed E-state index contributed by atoms with van der Waals surface area (Å²) >= 11 is 0. The van der Waals surface area contributed by atoms with Gasteiger partial charge in [-0.25, -0.2) is 0 Å². The van der Waals surface area contributed by atoms with E-state index in [1.165, 1.54) is 0 Å². The zero-order valence-corrected chi connectivity index (χ0v) is 9.88. The van der Waals surface area contributed by atoms with Gasteiger partial charge in [-0.15, -0.1) is 0 Å². The third-order valence-corrected chi connectivity index (χ3v) is 3.15. The fourth-order valence-electron chi connectivity index (χ4n) is 2.06. The van der Waals surface area contributed by atoms with Crippen molar-refractivity contribution >= 4 is 12.0 Å². The van der Waals surface area contributed by atoms with Crippen LogP contribution in [0.5, 0.6) is 0 Å². The zero-order valence-electron chi connectivity index (χ0n) is 9.88. The quantitative estimate of drug-likeness (QED) is 0.800. The molecule has 1 aromatic carbocycles. The van der Waals surface area contributed by atoms with E-state index in [1.54, 1.807) is 6.08 Å². The van der Waals surface area contributed by atoms with Crippen molar-refractivity contribution in [3.05, 3.63) is 42.0 Å². The number of carbonyl (C=O) groups excluding carboxylic acids is 1. The number of nitrogens with zero attached hydrogens (tertiary/aromatic N) is 1.